The molecule has 2 aliphatic rings. The number of amides is 1. The van der Waals surface area contributed by atoms with Crippen LogP contribution in [0.1, 0.15) is 17.5 Å². The van der Waals surface area contributed by atoms with Gasteiger partial charge in [-0.2, -0.15) is 5.10 Å². The van der Waals surface area contributed by atoms with Crippen molar-refractivity contribution in [1.29, 1.82) is 0 Å². The van der Waals surface area contributed by atoms with Gasteiger partial charge in [-0.3, -0.25) is 15.1 Å². The molecule has 1 aliphatic carbocycles. The molecule has 0 saturated heterocycles. The number of aromatic hydroxyl groups is 1. The average Bonchev–Trinajstić information content (AvgIpc) is 3.44. The quantitative estimate of drug-likeness (QED) is 0.496. The fourth-order valence-corrected chi connectivity index (χ4v) is 4.77. The van der Waals surface area contributed by atoms with Crippen molar-refractivity contribution in [2.24, 2.45) is 5.10 Å². The number of carboxylic acid groups (broad SMARTS) is 1. The second kappa shape index (κ2) is 8.07. The summed E-state index contributed by atoms with van der Waals surface area (Å²) in [5, 5.41) is 27.3. The molecule has 0 radical (unpaired) electrons. The standard InChI is InChI=1S/C25H19N3O4S/c29-20-11-4-2-8-17(20)16-7-5-13-25(15-16,24(31)32)27-26-22-18-9-1-3-10-19(18)28(23(22)30)21-12-6-14-33-21/h1-14,27,29H,15H2,(H,31,32). The maximum Gasteiger partial charge on any atom is 0.335 e. The Balaban J connectivity index is 1.50. The zero-order chi connectivity index (χ0) is 23.0. The topological polar surface area (TPSA) is 102 Å². The van der Waals surface area contributed by atoms with E-state index in [0.717, 1.165) is 5.00 Å². The molecule has 0 fully saturated rings. The summed E-state index contributed by atoms with van der Waals surface area (Å²) in [5.74, 6) is -1.41. The number of carbonyl (C=O) groups excluding carboxylic acids is 1. The van der Waals surface area contributed by atoms with Gasteiger partial charge < -0.3 is 10.2 Å². The van der Waals surface area contributed by atoms with E-state index in [0.29, 0.717) is 22.4 Å². The van der Waals surface area contributed by atoms with E-state index in [9.17, 15) is 19.8 Å². The molecule has 1 atom stereocenters. The van der Waals surface area contributed by atoms with Crippen molar-refractivity contribution in [3.8, 4) is 5.75 Å². The van der Waals surface area contributed by atoms with Crippen LogP contribution in [0.5, 0.6) is 5.75 Å². The number of hydrazone groups is 1. The number of carbonyl (C=O) groups is 2. The highest BCUT2D eigenvalue weighted by atomic mass is 32.1. The normalized spacial score (nSPS) is 20.6. The SMILES string of the molecule is O=C1C(=NNC2(C(=O)O)C=CC=C(c3ccccc3O)C2)c2ccccc2N1c1cccs1. The second-order valence-corrected chi connectivity index (χ2v) is 8.63. The first-order chi connectivity index (χ1) is 16.0. The highest BCUT2D eigenvalue weighted by molar-refractivity contribution is 7.14. The van der Waals surface area contributed by atoms with E-state index in [-0.39, 0.29) is 23.8 Å². The number of aliphatic carboxylic acids is 1. The lowest BCUT2D eigenvalue weighted by Crippen LogP contribution is -2.49. The molecule has 1 aliphatic heterocycles. The highest BCUT2D eigenvalue weighted by Crippen LogP contribution is 2.38. The van der Waals surface area contributed by atoms with Gasteiger partial charge in [-0.25, -0.2) is 4.79 Å². The Kier molecular flexibility index (Phi) is 5.07. The van der Waals surface area contributed by atoms with E-state index in [1.54, 1.807) is 47.4 Å². The largest absolute Gasteiger partial charge is 0.507 e. The van der Waals surface area contributed by atoms with Crippen molar-refractivity contribution in [2.75, 3.05) is 4.90 Å². The number of thiophene rings is 1. The third-order valence-corrected chi connectivity index (χ3v) is 6.53. The molecule has 0 saturated carbocycles. The third kappa shape index (κ3) is 3.50. The van der Waals surface area contributed by atoms with E-state index < -0.39 is 11.5 Å². The monoisotopic (exact) mass is 457 g/mol. The van der Waals surface area contributed by atoms with Crippen molar-refractivity contribution in [3.63, 3.8) is 0 Å². The first kappa shape index (κ1) is 20.7. The molecule has 1 unspecified atom stereocenters. The molecule has 8 heteroatoms. The van der Waals surface area contributed by atoms with Crippen molar-refractivity contribution in [2.45, 2.75) is 12.0 Å². The number of nitrogens with zero attached hydrogens (tertiary/aromatic N) is 2. The Hall–Kier alpha value is -4.17. The van der Waals surface area contributed by atoms with Crippen molar-refractivity contribution in [1.82, 2.24) is 5.43 Å². The molecule has 2 heterocycles. The summed E-state index contributed by atoms with van der Waals surface area (Å²) >= 11 is 1.43. The van der Waals surface area contributed by atoms with E-state index >= 15 is 0 Å². The molecule has 0 bridgehead atoms. The van der Waals surface area contributed by atoms with Gasteiger partial charge in [0.05, 0.1) is 5.69 Å². The van der Waals surface area contributed by atoms with E-state index in [4.69, 9.17) is 0 Å². The van der Waals surface area contributed by atoms with Crippen molar-refractivity contribution >= 4 is 45.2 Å². The highest BCUT2D eigenvalue weighted by Gasteiger charge is 2.41. The molecule has 2 aromatic carbocycles. The van der Waals surface area contributed by atoms with Crippen LogP contribution < -0.4 is 10.3 Å². The first-order valence-corrected chi connectivity index (χ1v) is 11.1. The van der Waals surface area contributed by atoms with Crippen molar-refractivity contribution < 1.29 is 19.8 Å². The number of phenolic OH excluding ortho intramolecular Hbond substituents is 1. The predicted molar refractivity (Wildman–Crippen MR) is 128 cm³/mol. The second-order valence-electron chi connectivity index (χ2n) is 7.70. The van der Waals surface area contributed by atoms with Crippen LogP contribution >= 0.6 is 11.3 Å². The minimum absolute atomic E-state index is 0.0393. The molecule has 7 nitrogen and oxygen atoms in total. The molecular weight excluding hydrogens is 438 g/mol. The number of anilines is 2. The lowest BCUT2D eigenvalue weighted by Gasteiger charge is -2.29. The van der Waals surface area contributed by atoms with E-state index in [1.807, 2.05) is 35.7 Å². The summed E-state index contributed by atoms with van der Waals surface area (Å²) in [4.78, 5) is 27.2. The van der Waals surface area contributed by atoms with Crippen LogP contribution in [0.2, 0.25) is 0 Å². The van der Waals surface area contributed by atoms with Gasteiger partial charge >= 0.3 is 5.97 Å². The number of nitrogens with one attached hydrogen (secondary N) is 1. The van der Waals surface area contributed by atoms with Crippen LogP contribution in [0.4, 0.5) is 10.7 Å². The van der Waals surface area contributed by atoms with Gasteiger partial charge in [-0.1, -0.05) is 48.6 Å². The van der Waals surface area contributed by atoms with Crippen LogP contribution in [0.15, 0.2) is 89.4 Å². The summed E-state index contributed by atoms with van der Waals surface area (Å²) in [6.45, 7) is 0. The van der Waals surface area contributed by atoms with Gasteiger partial charge in [-0.15, -0.1) is 11.3 Å². The zero-order valence-electron chi connectivity index (χ0n) is 17.3. The van der Waals surface area contributed by atoms with Crippen molar-refractivity contribution in [3.05, 3.63) is 95.4 Å². The number of hydrogen-bond donors (Lipinski definition) is 3. The van der Waals surface area contributed by atoms with Crippen LogP contribution in [0, 0.1) is 0 Å². The Bertz CT molecular complexity index is 1340. The molecule has 1 aromatic heterocycles. The van der Waals surface area contributed by atoms with Gasteiger partial charge in [0.2, 0.25) is 0 Å². The molecular formula is C25H19N3O4S. The number of carboxylic acids is 1. The van der Waals surface area contributed by atoms with Crippen LogP contribution in [0.25, 0.3) is 5.57 Å². The predicted octanol–water partition coefficient (Wildman–Crippen LogP) is 4.29. The van der Waals surface area contributed by atoms with Crippen LogP contribution in [-0.2, 0) is 9.59 Å². The number of para-hydroxylation sites is 2. The third-order valence-electron chi connectivity index (χ3n) is 5.68. The Morgan fingerprint density at radius 2 is 1.82 bits per heavy atom. The van der Waals surface area contributed by atoms with Gasteiger partial charge in [0.25, 0.3) is 5.91 Å². The smallest absolute Gasteiger partial charge is 0.335 e. The molecule has 3 aromatic rings. The summed E-state index contributed by atoms with van der Waals surface area (Å²) in [6, 6.07) is 17.8. The maximum atomic E-state index is 13.3. The number of allylic oxidation sites excluding steroid dienone is 2. The number of benzene rings is 2. The average molecular weight is 458 g/mol. The first-order valence-electron chi connectivity index (χ1n) is 10.2. The number of hydrogen-bond acceptors (Lipinski definition) is 6. The molecule has 164 valence electrons. The summed E-state index contributed by atoms with van der Waals surface area (Å²) in [5.41, 5.74) is 3.85. The molecule has 3 N–H and O–H groups in total. The zero-order valence-corrected chi connectivity index (χ0v) is 18.1. The number of phenols is 1. The van der Waals surface area contributed by atoms with E-state index in [2.05, 4.69) is 10.5 Å². The minimum atomic E-state index is -1.58. The number of rotatable bonds is 5. The van der Waals surface area contributed by atoms with Gasteiger partial charge in [0.1, 0.15) is 10.8 Å². The Morgan fingerprint density at radius 3 is 2.55 bits per heavy atom. The van der Waals surface area contributed by atoms with Crippen LogP contribution in [-0.4, -0.2) is 33.3 Å². The number of fused-ring (bicyclic) bond motifs is 1. The Labute approximate surface area is 193 Å². The van der Waals surface area contributed by atoms with Gasteiger partial charge in [0.15, 0.2) is 11.3 Å². The summed E-state index contributed by atoms with van der Waals surface area (Å²) in [6.07, 6.45) is 4.93. The fourth-order valence-electron chi connectivity index (χ4n) is 4.03. The molecule has 5 rings (SSSR count). The fraction of sp³-hybridized carbons (Fsp3) is 0.0800. The molecule has 1 amide bonds. The lowest BCUT2D eigenvalue weighted by molar-refractivity contribution is -0.142. The lowest BCUT2D eigenvalue weighted by atomic mass is 9.84. The van der Waals surface area contributed by atoms with Crippen LogP contribution in [0.3, 0.4) is 0 Å². The minimum Gasteiger partial charge on any atom is -0.507 e. The Morgan fingerprint density at radius 1 is 1.06 bits per heavy atom. The van der Waals surface area contributed by atoms with Gasteiger partial charge in [-0.05, 0) is 41.3 Å². The molecule has 0 spiro atoms. The summed E-state index contributed by atoms with van der Waals surface area (Å²) in [7, 11) is 0. The summed E-state index contributed by atoms with van der Waals surface area (Å²) < 4.78 is 0. The molecule has 33 heavy (non-hydrogen) atoms. The van der Waals surface area contributed by atoms with E-state index in [1.165, 1.54) is 17.4 Å². The van der Waals surface area contributed by atoms with Gasteiger partial charge in [0, 0.05) is 17.5 Å². The maximum absolute atomic E-state index is 13.3.